The van der Waals surface area contributed by atoms with Crippen molar-refractivity contribution >= 4 is 11.8 Å². The predicted octanol–water partition coefficient (Wildman–Crippen LogP) is 4.78. The molecule has 0 fully saturated rings. The van der Waals surface area contributed by atoms with Gasteiger partial charge in [0.25, 0.3) is 0 Å². The maximum atomic E-state index is 13.9. The van der Waals surface area contributed by atoms with Crippen molar-refractivity contribution in [1.29, 1.82) is 0 Å². The maximum Gasteiger partial charge on any atom is 0.336 e. The zero-order valence-corrected chi connectivity index (χ0v) is 17.8. The van der Waals surface area contributed by atoms with Crippen molar-refractivity contribution < 1.29 is 23.5 Å². The largest absolute Gasteiger partial charge is 0.496 e. The van der Waals surface area contributed by atoms with E-state index in [9.17, 15) is 14.0 Å². The summed E-state index contributed by atoms with van der Waals surface area (Å²) < 4.78 is 24.7. The van der Waals surface area contributed by atoms with E-state index in [0.717, 1.165) is 17.0 Å². The number of nitrogens with one attached hydrogen (secondary N) is 1. The third-order valence-corrected chi connectivity index (χ3v) is 6.11. The van der Waals surface area contributed by atoms with Crippen LogP contribution in [0, 0.1) is 0 Å². The Morgan fingerprint density at radius 3 is 2.84 bits per heavy atom. The minimum absolute atomic E-state index is 0.0178. The molecule has 31 heavy (non-hydrogen) atoms. The molecule has 6 heteroatoms. The standard InChI is InChI=1S/C25H26FNO4/c1-15-19(25(29)31-14-16-7-3-5-9-21(16)26)13-20-22(27-15)11-17(12-23(20)28)18-8-4-6-10-24(18)30-2/h3-4,6-8,10,17,27H,5,9,11-14H2,1-2H3/t17-/m1/s1. The van der Waals surface area contributed by atoms with Crippen LogP contribution in [0.25, 0.3) is 0 Å². The average Bonchev–Trinajstić information content (AvgIpc) is 2.77. The van der Waals surface area contributed by atoms with Crippen LogP contribution in [0.2, 0.25) is 0 Å². The van der Waals surface area contributed by atoms with E-state index in [2.05, 4.69) is 5.32 Å². The Morgan fingerprint density at radius 1 is 1.26 bits per heavy atom. The highest BCUT2D eigenvalue weighted by molar-refractivity contribution is 6.01. The fourth-order valence-corrected chi connectivity index (χ4v) is 4.39. The summed E-state index contributed by atoms with van der Waals surface area (Å²) in [6.45, 7) is 1.70. The number of dihydropyridines is 1. The van der Waals surface area contributed by atoms with Gasteiger partial charge < -0.3 is 14.8 Å². The summed E-state index contributed by atoms with van der Waals surface area (Å²) in [6, 6.07) is 7.74. The number of carbonyl (C=O) groups is 2. The molecule has 0 radical (unpaired) electrons. The molecule has 0 saturated carbocycles. The first-order valence-corrected chi connectivity index (χ1v) is 10.5. The number of hydrogen-bond donors (Lipinski definition) is 1. The average molecular weight is 423 g/mol. The highest BCUT2D eigenvalue weighted by Gasteiger charge is 2.34. The van der Waals surface area contributed by atoms with Crippen LogP contribution in [0.1, 0.15) is 50.5 Å². The van der Waals surface area contributed by atoms with E-state index in [0.29, 0.717) is 48.1 Å². The number of ether oxygens (including phenoxy) is 2. The zero-order chi connectivity index (χ0) is 22.0. The Balaban J connectivity index is 1.47. The van der Waals surface area contributed by atoms with Crippen LogP contribution in [0.5, 0.6) is 5.75 Å². The molecule has 0 amide bonds. The summed E-state index contributed by atoms with van der Waals surface area (Å²) in [6.07, 6.45) is 5.80. The van der Waals surface area contributed by atoms with Crippen molar-refractivity contribution in [3.63, 3.8) is 0 Å². The first-order valence-electron chi connectivity index (χ1n) is 10.5. The summed E-state index contributed by atoms with van der Waals surface area (Å²) in [5.74, 6) is 0.0543. The minimum atomic E-state index is -0.518. The summed E-state index contributed by atoms with van der Waals surface area (Å²) in [4.78, 5) is 25.6. The number of hydrogen-bond acceptors (Lipinski definition) is 5. The molecule has 5 nitrogen and oxygen atoms in total. The van der Waals surface area contributed by atoms with Gasteiger partial charge in [-0.05, 0) is 31.4 Å². The van der Waals surface area contributed by atoms with Crippen LogP contribution >= 0.6 is 0 Å². The number of ketones is 1. The van der Waals surface area contributed by atoms with Gasteiger partial charge in [-0.15, -0.1) is 0 Å². The van der Waals surface area contributed by atoms with E-state index in [1.54, 1.807) is 20.1 Å². The van der Waals surface area contributed by atoms with Crippen molar-refractivity contribution in [3.8, 4) is 5.75 Å². The summed E-state index contributed by atoms with van der Waals surface area (Å²) in [7, 11) is 1.63. The smallest absolute Gasteiger partial charge is 0.336 e. The second-order valence-electron chi connectivity index (χ2n) is 8.08. The molecule has 162 valence electrons. The lowest BCUT2D eigenvalue weighted by Crippen LogP contribution is -2.31. The molecule has 0 bridgehead atoms. The fourth-order valence-electron chi connectivity index (χ4n) is 4.39. The Kier molecular flexibility index (Phi) is 6.07. The number of para-hydroxylation sites is 1. The lowest BCUT2D eigenvalue weighted by atomic mass is 9.78. The van der Waals surface area contributed by atoms with Gasteiger partial charge in [0.2, 0.25) is 0 Å². The molecule has 3 aliphatic rings. The molecule has 0 spiro atoms. The lowest BCUT2D eigenvalue weighted by molar-refractivity contribution is -0.138. The lowest BCUT2D eigenvalue weighted by Gasteiger charge is -2.32. The molecule has 1 heterocycles. The second kappa shape index (κ2) is 8.92. The molecular weight excluding hydrogens is 397 g/mol. The normalized spacial score (nSPS) is 21.1. The first kappa shape index (κ1) is 21.1. The van der Waals surface area contributed by atoms with E-state index in [1.165, 1.54) is 0 Å². The van der Waals surface area contributed by atoms with E-state index in [-0.39, 0.29) is 30.6 Å². The second-order valence-corrected chi connectivity index (χ2v) is 8.08. The number of rotatable bonds is 5. The van der Waals surface area contributed by atoms with Gasteiger partial charge >= 0.3 is 5.97 Å². The zero-order valence-electron chi connectivity index (χ0n) is 17.8. The van der Waals surface area contributed by atoms with Gasteiger partial charge in [0.05, 0.1) is 12.7 Å². The Labute approximate surface area is 181 Å². The van der Waals surface area contributed by atoms with Crippen LogP contribution in [-0.2, 0) is 14.3 Å². The van der Waals surface area contributed by atoms with E-state index < -0.39 is 5.97 Å². The quantitative estimate of drug-likeness (QED) is 0.691. The van der Waals surface area contributed by atoms with Gasteiger partial charge in [0, 0.05) is 47.7 Å². The molecule has 1 aromatic rings. The van der Waals surface area contributed by atoms with Crippen molar-refractivity contribution in [3.05, 3.63) is 75.9 Å². The van der Waals surface area contributed by atoms with E-state index in [4.69, 9.17) is 9.47 Å². The summed E-state index contributed by atoms with van der Waals surface area (Å²) >= 11 is 0. The van der Waals surface area contributed by atoms with Gasteiger partial charge in [0.1, 0.15) is 18.2 Å². The number of allylic oxidation sites excluding steroid dienone is 5. The van der Waals surface area contributed by atoms with Gasteiger partial charge in [0.15, 0.2) is 5.78 Å². The predicted molar refractivity (Wildman–Crippen MR) is 115 cm³/mol. The SMILES string of the molecule is COc1ccccc1[C@H]1CC(=O)C2=C(C1)NC(C)=C(C(=O)OCC1=C(F)CCC=C1)C2. The number of carbonyl (C=O) groups excluding carboxylic acids is 2. The van der Waals surface area contributed by atoms with Gasteiger partial charge in [-0.2, -0.15) is 0 Å². The number of halogens is 1. The molecular formula is C25H26FNO4. The minimum Gasteiger partial charge on any atom is -0.496 e. The highest BCUT2D eigenvalue weighted by atomic mass is 19.1. The number of benzene rings is 1. The Bertz CT molecular complexity index is 1050. The molecule has 0 saturated heterocycles. The van der Waals surface area contributed by atoms with Crippen LogP contribution in [-0.4, -0.2) is 25.5 Å². The molecule has 1 aromatic carbocycles. The molecule has 4 rings (SSSR count). The van der Waals surface area contributed by atoms with Gasteiger partial charge in [-0.1, -0.05) is 30.4 Å². The number of methoxy groups -OCH3 is 1. The molecule has 2 aliphatic carbocycles. The monoisotopic (exact) mass is 423 g/mol. The van der Waals surface area contributed by atoms with Crippen molar-refractivity contribution in [1.82, 2.24) is 5.32 Å². The van der Waals surface area contributed by atoms with Gasteiger partial charge in [-0.25, -0.2) is 9.18 Å². The first-order chi connectivity index (χ1) is 15.0. The summed E-state index contributed by atoms with van der Waals surface area (Å²) in [5.41, 5.74) is 3.98. The van der Waals surface area contributed by atoms with Crippen LogP contribution in [0.4, 0.5) is 4.39 Å². The summed E-state index contributed by atoms with van der Waals surface area (Å²) in [5, 5.41) is 3.26. The number of Topliss-reactive ketones (excluding diaryl/α,β-unsaturated/α-hetero) is 1. The third-order valence-electron chi connectivity index (χ3n) is 6.11. The third kappa shape index (κ3) is 4.33. The molecule has 0 aromatic heterocycles. The Hall–Kier alpha value is -3.15. The number of esters is 1. The Morgan fingerprint density at radius 2 is 2.06 bits per heavy atom. The van der Waals surface area contributed by atoms with E-state index in [1.807, 2.05) is 30.3 Å². The van der Waals surface area contributed by atoms with E-state index >= 15 is 0 Å². The molecule has 1 N–H and O–H groups in total. The topological polar surface area (TPSA) is 64.6 Å². The van der Waals surface area contributed by atoms with Crippen molar-refractivity contribution in [2.24, 2.45) is 0 Å². The maximum absolute atomic E-state index is 13.9. The fraction of sp³-hybridized carbons (Fsp3) is 0.360. The van der Waals surface area contributed by atoms with Crippen molar-refractivity contribution in [2.45, 2.75) is 44.9 Å². The highest BCUT2D eigenvalue weighted by Crippen LogP contribution is 2.41. The van der Waals surface area contributed by atoms with Crippen molar-refractivity contribution in [2.75, 3.05) is 13.7 Å². The van der Waals surface area contributed by atoms with Gasteiger partial charge in [-0.3, -0.25) is 4.79 Å². The van der Waals surface area contributed by atoms with Crippen LogP contribution < -0.4 is 10.1 Å². The molecule has 1 aliphatic heterocycles. The van der Waals surface area contributed by atoms with Crippen LogP contribution in [0.15, 0.2) is 70.4 Å². The molecule has 0 unspecified atom stereocenters. The molecule has 1 atom stereocenters. The van der Waals surface area contributed by atoms with Crippen LogP contribution in [0.3, 0.4) is 0 Å².